The smallest absolute Gasteiger partial charge is 0.332 e. The van der Waals surface area contributed by atoms with Crippen molar-refractivity contribution in [2.24, 2.45) is 0 Å². The van der Waals surface area contributed by atoms with Crippen LogP contribution in [-0.4, -0.2) is 55.0 Å². The lowest BCUT2D eigenvalue weighted by molar-refractivity contribution is -0.125. The van der Waals surface area contributed by atoms with Gasteiger partial charge in [0.25, 0.3) is 11.8 Å². The van der Waals surface area contributed by atoms with Crippen LogP contribution in [0.15, 0.2) is 66.7 Å². The van der Waals surface area contributed by atoms with Gasteiger partial charge in [-0.1, -0.05) is 30.3 Å². The molecule has 1 aromatic heterocycles. The van der Waals surface area contributed by atoms with Crippen LogP contribution in [0.1, 0.15) is 34.1 Å². The fourth-order valence-electron chi connectivity index (χ4n) is 5.86. The van der Waals surface area contributed by atoms with E-state index in [1.807, 2.05) is 42.5 Å². The Morgan fingerprint density at radius 2 is 1.80 bits per heavy atom. The molecule has 0 aliphatic carbocycles. The Hall–Kier alpha value is -4.79. The van der Waals surface area contributed by atoms with Crippen molar-refractivity contribution in [1.29, 1.82) is 0 Å². The summed E-state index contributed by atoms with van der Waals surface area (Å²) in [6.45, 7) is 2.63. The summed E-state index contributed by atoms with van der Waals surface area (Å²) in [6.07, 6.45) is 1.25. The molecule has 0 saturated carbocycles. The number of aromatic amines is 1. The van der Waals surface area contributed by atoms with Gasteiger partial charge in [-0.15, -0.1) is 0 Å². The van der Waals surface area contributed by atoms with Crippen molar-refractivity contribution in [3.63, 3.8) is 0 Å². The zero-order valence-electron chi connectivity index (χ0n) is 22.6. The van der Waals surface area contributed by atoms with Crippen LogP contribution in [0, 0.1) is 0 Å². The van der Waals surface area contributed by atoms with Gasteiger partial charge in [0.15, 0.2) is 17.0 Å². The number of anilines is 1. The van der Waals surface area contributed by atoms with E-state index in [1.54, 1.807) is 50.3 Å². The molecule has 3 aromatic carbocycles. The second-order valence-electron chi connectivity index (χ2n) is 10.2. The minimum Gasteiger partial charge on any atom is -0.493 e. The van der Waals surface area contributed by atoms with Gasteiger partial charge in [-0.25, -0.2) is 9.69 Å². The first-order valence-electron chi connectivity index (χ1n) is 13.2. The lowest BCUT2D eigenvalue weighted by Crippen LogP contribution is -2.49. The van der Waals surface area contributed by atoms with Crippen LogP contribution in [0.4, 0.5) is 10.5 Å². The Bertz CT molecular complexity index is 1660. The molecule has 2 aliphatic rings. The van der Waals surface area contributed by atoms with Gasteiger partial charge in [0.05, 0.1) is 25.6 Å². The van der Waals surface area contributed by atoms with Gasteiger partial charge in [0, 0.05) is 29.6 Å². The molecule has 2 N–H and O–H groups in total. The first-order chi connectivity index (χ1) is 19.4. The van der Waals surface area contributed by atoms with E-state index in [-0.39, 0.29) is 17.8 Å². The standard InChI is InChI=1S/C31H30N4O5/c1-31-27-23(22-9-4-5-10-24(22)33-27)14-16-34(31)30(38)35(29(31)37)21-8-6-7-20(18-21)28(36)32-15-13-19-11-12-25(39-2)26(17-19)40-3/h4-12,17-18,33H,13-16H2,1-3H3,(H,32,36)/t31-/m0/s1. The molecular formula is C31H30N4O5. The van der Waals surface area contributed by atoms with E-state index in [2.05, 4.69) is 10.3 Å². The van der Waals surface area contributed by atoms with E-state index in [0.717, 1.165) is 27.7 Å². The van der Waals surface area contributed by atoms with Crippen molar-refractivity contribution in [2.45, 2.75) is 25.3 Å². The van der Waals surface area contributed by atoms with Crippen molar-refractivity contribution in [3.05, 3.63) is 89.1 Å². The molecule has 0 bridgehead atoms. The minimum atomic E-state index is -1.15. The van der Waals surface area contributed by atoms with Crippen LogP contribution >= 0.6 is 0 Å². The van der Waals surface area contributed by atoms with Crippen molar-refractivity contribution >= 4 is 34.4 Å². The highest BCUT2D eigenvalue weighted by molar-refractivity contribution is 6.24. The largest absolute Gasteiger partial charge is 0.493 e. The van der Waals surface area contributed by atoms with Gasteiger partial charge < -0.3 is 24.7 Å². The maximum Gasteiger partial charge on any atom is 0.332 e. The quantitative estimate of drug-likeness (QED) is 0.340. The van der Waals surface area contributed by atoms with Crippen LogP contribution in [0.3, 0.4) is 0 Å². The van der Waals surface area contributed by atoms with E-state index in [4.69, 9.17) is 9.47 Å². The number of rotatable bonds is 7. The average Bonchev–Trinajstić information content (AvgIpc) is 3.46. The number of amides is 4. The summed E-state index contributed by atoms with van der Waals surface area (Å²) in [6, 6.07) is 19.8. The summed E-state index contributed by atoms with van der Waals surface area (Å²) in [5.41, 5.74) is 3.34. The summed E-state index contributed by atoms with van der Waals surface area (Å²) >= 11 is 0. The van der Waals surface area contributed by atoms with Gasteiger partial charge >= 0.3 is 6.03 Å². The summed E-state index contributed by atoms with van der Waals surface area (Å²) in [7, 11) is 3.16. The Morgan fingerprint density at radius 3 is 2.60 bits per heavy atom. The molecule has 204 valence electrons. The van der Waals surface area contributed by atoms with E-state index in [1.165, 1.54) is 4.90 Å². The first-order valence-corrected chi connectivity index (χ1v) is 13.2. The van der Waals surface area contributed by atoms with Gasteiger partial charge in [-0.3, -0.25) is 9.59 Å². The fourth-order valence-corrected chi connectivity index (χ4v) is 5.86. The molecule has 3 heterocycles. The molecule has 40 heavy (non-hydrogen) atoms. The fraction of sp³-hybridized carbons (Fsp3) is 0.258. The third kappa shape index (κ3) is 3.88. The highest BCUT2D eigenvalue weighted by atomic mass is 16.5. The number of para-hydroxylation sites is 1. The number of hydrogen-bond acceptors (Lipinski definition) is 5. The van der Waals surface area contributed by atoms with Crippen LogP contribution in [0.25, 0.3) is 10.9 Å². The van der Waals surface area contributed by atoms with Crippen molar-refractivity contribution in [3.8, 4) is 11.5 Å². The molecule has 1 atom stereocenters. The summed E-state index contributed by atoms with van der Waals surface area (Å²) < 4.78 is 10.6. The van der Waals surface area contributed by atoms with E-state index < -0.39 is 5.54 Å². The topological polar surface area (TPSA) is 104 Å². The van der Waals surface area contributed by atoms with Gasteiger partial charge in [-0.2, -0.15) is 0 Å². The summed E-state index contributed by atoms with van der Waals surface area (Å²) in [4.78, 5) is 46.8. The number of urea groups is 1. The number of carbonyl (C=O) groups excluding carboxylic acids is 3. The normalized spacial score (nSPS) is 18.1. The van der Waals surface area contributed by atoms with E-state index in [9.17, 15) is 14.4 Å². The Labute approximate surface area is 231 Å². The second-order valence-corrected chi connectivity index (χ2v) is 10.2. The zero-order valence-corrected chi connectivity index (χ0v) is 22.6. The molecule has 1 fully saturated rings. The Kier molecular flexibility index (Phi) is 6.21. The number of imide groups is 1. The molecule has 9 nitrogen and oxygen atoms in total. The van der Waals surface area contributed by atoms with Gasteiger partial charge in [-0.05, 0) is 67.3 Å². The summed E-state index contributed by atoms with van der Waals surface area (Å²) in [5.74, 6) is 0.645. The zero-order chi connectivity index (χ0) is 28.0. The number of benzene rings is 3. The molecule has 2 aliphatic heterocycles. The van der Waals surface area contributed by atoms with Gasteiger partial charge in [0.2, 0.25) is 0 Å². The number of aromatic nitrogens is 1. The van der Waals surface area contributed by atoms with Crippen LogP contribution < -0.4 is 19.7 Å². The van der Waals surface area contributed by atoms with Crippen molar-refractivity contribution in [1.82, 2.24) is 15.2 Å². The van der Waals surface area contributed by atoms with E-state index >= 15 is 0 Å². The third-order valence-electron chi connectivity index (χ3n) is 7.98. The summed E-state index contributed by atoms with van der Waals surface area (Å²) in [5, 5.41) is 4.00. The van der Waals surface area contributed by atoms with Crippen LogP contribution in [-0.2, 0) is 23.2 Å². The average molecular weight is 539 g/mol. The number of nitrogens with one attached hydrogen (secondary N) is 2. The maximum absolute atomic E-state index is 13.9. The minimum absolute atomic E-state index is 0.289. The molecule has 0 unspecified atom stereocenters. The van der Waals surface area contributed by atoms with Crippen LogP contribution in [0.2, 0.25) is 0 Å². The van der Waals surface area contributed by atoms with Crippen molar-refractivity contribution < 1.29 is 23.9 Å². The molecule has 4 aromatic rings. The molecule has 4 amide bonds. The molecular weight excluding hydrogens is 508 g/mol. The highest BCUT2D eigenvalue weighted by Crippen LogP contribution is 2.45. The van der Waals surface area contributed by atoms with E-state index in [0.29, 0.717) is 48.7 Å². The molecule has 1 saturated heterocycles. The first kappa shape index (κ1) is 25.5. The number of ether oxygens (including phenoxy) is 2. The predicted octanol–water partition coefficient (Wildman–Crippen LogP) is 4.40. The lowest BCUT2D eigenvalue weighted by atomic mass is 9.87. The third-order valence-corrected chi connectivity index (χ3v) is 7.98. The molecule has 6 rings (SSSR count). The SMILES string of the molecule is COc1ccc(CCNC(=O)c2cccc(N3C(=O)N4CCc5c([nH]c6ccccc56)[C@@]4(C)C3=O)c2)cc1OC. The van der Waals surface area contributed by atoms with Crippen molar-refractivity contribution in [2.75, 3.05) is 32.2 Å². The number of H-pyrrole nitrogens is 1. The van der Waals surface area contributed by atoms with Crippen LogP contribution in [0.5, 0.6) is 11.5 Å². The lowest BCUT2D eigenvalue weighted by Gasteiger charge is -2.35. The Morgan fingerprint density at radius 1 is 1.00 bits per heavy atom. The number of carbonyl (C=O) groups is 3. The second kappa shape index (κ2) is 9.75. The van der Waals surface area contributed by atoms with Gasteiger partial charge in [0.1, 0.15) is 0 Å². The number of fused-ring (bicyclic) bond motifs is 5. The monoisotopic (exact) mass is 538 g/mol. The molecule has 0 spiro atoms. The molecule has 0 radical (unpaired) electrons. The number of nitrogens with zero attached hydrogens (tertiary/aromatic N) is 2. The Balaban J connectivity index is 1.21. The highest BCUT2D eigenvalue weighted by Gasteiger charge is 2.59. The molecule has 9 heteroatoms. The maximum atomic E-state index is 13.9. The number of hydrogen-bond donors (Lipinski definition) is 2. The predicted molar refractivity (Wildman–Crippen MR) is 151 cm³/mol. The number of methoxy groups -OCH3 is 2.